The van der Waals surface area contributed by atoms with Crippen molar-refractivity contribution in [3.8, 4) is 17.2 Å². The molecule has 2 amide bonds. The van der Waals surface area contributed by atoms with E-state index in [-0.39, 0.29) is 37.0 Å². The van der Waals surface area contributed by atoms with Gasteiger partial charge in [-0.1, -0.05) is 12.1 Å². The van der Waals surface area contributed by atoms with E-state index in [1.54, 1.807) is 18.1 Å². The number of ether oxygens (including phenoxy) is 3. The highest BCUT2D eigenvalue weighted by atomic mass is 16.7. The highest BCUT2D eigenvalue weighted by Gasteiger charge is 2.41. The minimum Gasteiger partial charge on any atom is -0.497 e. The fourth-order valence-corrected chi connectivity index (χ4v) is 4.64. The molecule has 0 radical (unpaired) electrons. The SMILES string of the molecule is COc1cccc(C2CCCN2C(=O)C2CC(=O)N(c3ccc4c(c3)OCO4)C2)c1. The van der Waals surface area contributed by atoms with Gasteiger partial charge in [0.15, 0.2) is 11.5 Å². The first-order valence-electron chi connectivity index (χ1n) is 10.3. The Morgan fingerprint density at radius 1 is 1.13 bits per heavy atom. The van der Waals surface area contributed by atoms with Gasteiger partial charge in [0.05, 0.1) is 19.1 Å². The molecule has 2 atom stereocenters. The van der Waals surface area contributed by atoms with Gasteiger partial charge in [0.1, 0.15) is 5.75 Å². The average molecular weight is 408 g/mol. The molecule has 2 aromatic rings. The van der Waals surface area contributed by atoms with Crippen LogP contribution in [0.4, 0.5) is 5.69 Å². The molecule has 0 N–H and O–H groups in total. The first-order chi connectivity index (χ1) is 14.6. The number of carbonyl (C=O) groups excluding carboxylic acids is 2. The topological polar surface area (TPSA) is 68.3 Å². The van der Waals surface area contributed by atoms with Crippen molar-refractivity contribution in [3.63, 3.8) is 0 Å². The van der Waals surface area contributed by atoms with Crippen LogP contribution in [0, 0.1) is 5.92 Å². The lowest BCUT2D eigenvalue weighted by Gasteiger charge is -2.28. The number of rotatable bonds is 4. The second-order valence-corrected chi connectivity index (χ2v) is 7.91. The second-order valence-electron chi connectivity index (χ2n) is 7.91. The van der Waals surface area contributed by atoms with E-state index in [2.05, 4.69) is 0 Å². The first kappa shape index (κ1) is 18.8. The Morgan fingerprint density at radius 2 is 2.00 bits per heavy atom. The third kappa shape index (κ3) is 3.24. The van der Waals surface area contributed by atoms with Crippen molar-refractivity contribution in [2.45, 2.75) is 25.3 Å². The molecule has 5 rings (SSSR count). The van der Waals surface area contributed by atoms with Crippen LogP contribution >= 0.6 is 0 Å². The number of carbonyl (C=O) groups is 2. The Kier molecular flexibility index (Phi) is 4.73. The summed E-state index contributed by atoms with van der Waals surface area (Å²) in [6.07, 6.45) is 2.11. The third-order valence-electron chi connectivity index (χ3n) is 6.16. The van der Waals surface area contributed by atoms with Crippen molar-refractivity contribution in [1.82, 2.24) is 4.90 Å². The lowest BCUT2D eigenvalue weighted by atomic mass is 10.0. The van der Waals surface area contributed by atoms with Crippen LogP contribution in [-0.2, 0) is 9.59 Å². The van der Waals surface area contributed by atoms with E-state index >= 15 is 0 Å². The van der Waals surface area contributed by atoms with Gasteiger partial charge in [-0.25, -0.2) is 0 Å². The Hall–Kier alpha value is -3.22. The maximum Gasteiger partial charge on any atom is 0.231 e. The summed E-state index contributed by atoms with van der Waals surface area (Å²) < 4.78 is 16.1. The van der Waals surface area contributed by atoms with Gasteiger partial charge in [0, 0.05) is 31.3 Å². The van der Waals surface area contributed by atoms with Crippen LogP contribution in [0.5, 0.6) is 17.2 Å². The molecule has 0 saturated carbocycles. The fourth-order valence-electron chi connectivity index (χ4n) is 4.64. The molecule has 7 nitrogen and oxygen atoms in total. The normalized spacial score (nSPS) is 22.6. The van der Waals surface area contributed by atoms with Gasteiger partial charge in [-0.2, -0.15) is 0 Å². The third-order valence-corrected chi connectivity index (χ3v) is 6.16. The van der Waals surface area contributed by atoms with Crippen LogP contribution in [0.2, 0.25) is 0 Å². The molecular weight excluding hydrogens is 384 g/mol. The minimum absolute atomic E-state index is 0.0299. The predicted octanol–water partition coefficient (Wildman–Crippen LogP) is 3.14. The number of benzene rings is 2. The summed E-state index contributed by atoms with van der Waals surface area (Å²) in [6, 6.07) is 13.4. The van der Waals surface area contributed by atoms with Crippen LogP contribution in [-0.4, -0.2) is 43.7 Å². The van der Waals surface area contributed by atoms with Crippen LogP contribution in [0.15, 0.2) is 42.5 Å². The summed E-state index contributed by atoms with van der Waals surface area (Å²) in [5.74, 6) is 1.77. The quantitative estimate of drug-likeness (QED) is 0.778. The Morgan fingerprint density at radius 3 is 2.87 bits per heavy atom. The molecule has 3 aliphatic heterocycles. The molecule has 30 heavy (non-hydrogen) atoms. The van der Waals surface area contributed by atoms with E-state index in [1.165, 1.54) is 0 Å². The van der Waals surface area contributed by atoms with Gasteiger partial charge in [0.2, 0.25) is 18.6 Å². The van der Waals surface area contributed by atoms with E-state index in [9.17, 15) is 9.59 Å². The zero-order valence-electron chi connectivity index (χ0n) is 16.9. The van der Waals surface area contributed by atoms with Crippen molar-refractivity contribution < 1.29 is 23.8 Å². The van der Waals surface area contributed by atoms with Crippen LogP contribution in [0.3, 0.4) is 0 Å². The van der Waals surface area contributed by atoms with Gasteiger partial charge in [-0.15, -0.1) is 0 Å². The Balaban J connectivity index is 1.33. The van der Waals surface area contributed by atoms with E-state index in [0.29, 0.717) is 18.0 Å². The average Bonchev–Trinajstić information content (AvgIpc) is 3.52. The largest absolute Gasteiger partial charge is 0.497 e. The van der Waals surface area contributed by atoms with E-state index < -0.39 is 0 Å². The van der Waals surface area contributed by atoms with Gasteiger partial charge in [0.25, 0.3) is 0 Å². The summed E-state index contributed by atoms with van der Waals surface area (Å²) in [4.78, 5) is 29.7. The zero-order valence-corrected chi connectivity index (χ0v) is 16.9. The number of fused-ring (bicyclic) bond motifs is 1. The first-order valence-corrected chi connectivity index (χ1v) is 10.3. The molecule has 2 saturated heterocycles. The highest BCUT2D eigenvalue weighted by molar-refractivity contribution is 6.00. The lowest BCUT2D eigenvalue weighted by molar-refractivity contribution is -0.136. The monoisotopic (exact) mass is 408 g/mol. The summed E-state index contributed by atoms with van der Waals surface area (Å²) in [7, 11) is 1.64. The molecule has 0 bridgehead atoms. The van der Waals surface area contributed by atoms with Gasteiger partial charge in [-0.05, 0) is 42.7 Å². The van der Waals surface area contributed by atoms with E-state index in [1.807, 2.05) is 41.3 Å². The van der Waals surface area contributed by atoms with E-state index in [0.717, 1.165) is 36.4 Å². The van der Waals surface area contributed by atoms with Crippen molar-refractivity contribution >= 4 is 17.5 Å². The molecule has 3 aliphatic rings. The summed E-state index contributed by atoms with van der Waals surface area (Å²) in [5.41, 5.74) is 1.82. The number of anilines is 1. The lowest BCUT2D eigenvalue weighted by Crippen LogP contribution is -2.37. The number of nitrogens with zero attached hydrogens (tertiary/aromatic N) is 2. The van der Waals surface area contributed by atoms with Gasteiger partial charge in [-0.3, -0.25) is 9.59 Å². The maximum atomic E-state index is 13.4. The second kappa shape index (κ2) is 7.55. The zero-order chi connectivity index (χ0) is 20.7. The Bertz CT molecular complexity index is 991. The molecular formula is C23H24N2O5. The molecule has 156 valence electrons. The molecule has 2 aromatic carbocycles. The van der Waals surface area contributed by atoms with Crippen molar-refractivity contribution in [3.05, 3.63) is 48.0 Å². The number of hydrogen-bond donors (Lipinski definition) is 0. The summed E-state index contributed by atoms with van der Waals surface area (Å²) in [5, 5.41) is 0. The van der Waals surface area contributed by atoms with Crippen molar-refractivity contribution in [1.29, 1.82) is 0 Å². The summed E-state index contributed by atoms with van der Waals surface area (Å²) in [6.45, 7) is 1.29. The van der Waals surface area contributed by atoms with Gasteiger partial charge < -0.3 is 24.0 Å². The van der Waals surface area contributed by atoms with E-state index in [4.69, 9.17) is 14.2 Å². The van der Waals surface area contributed by atoms with Crippen molar-refractivity contribution in [2.24, 2.45) is 5.92 Å². The Labute approximate surface area is 175 Å². The van der Waals surface area contributed by atoms with Gasteiger partial charge >= 0.3 is 0 Å². The fraction of sp³-hybridized carbons (Fsp3) is 0.391. The number of amides is 2. The van der Waals surface area contributed by atoms with Crippen LogP contribution < -0.4 is 19.1 Å². The molecule has 3 heterocycles. The molecule has 0 aliphatic carbocycles. The molecule has 0 aromatic heterocycles. The van der Waals surface area contributed by atoms with Crippen LogP contribution in [0.1, 0.15) is 30.9 Å². The van der Waals surface area contributed by atoms with Crippen molar-refractivity contribution in [2.75, 3.05) is 31.9 Å². The summed E-state index contributed by atoms with van der Waals surface area (Å²) >= 11 is 0. The number of likely N-dealkylation sites (tertiary alicyclic amines) is 1. The standard InChI is InChI=1S/C23H24N2O5/c1-28-18-5-2-4-15(10-18)19-6-3-9-24(19)23(27)16-11-22(26)25(13-16)17-7-8-20-21(12-17)30-14-29-20/h2,4-5,7-8,10,12,16,19H,3,6,9,11,13-14H2,1H3. The minimum atomic E-state index is -0.339. The number of methoxy groups -OCH3 is 1. The molecule has 2 fully saturated rings. The smallest absolute Gasteiger partial charge is 0.231 e. The highest BCUT2D eigenvalue weighted by Crippen LogP contribution is 2.39. The maximum absolute atomic E-state index is 13.4. The molecule has 0 spiro atoms. The molecule has 2 unspecified atom stereocenters. The number of hydrogen-bond acceptors (Lipinski definition) is 5. The predicted molar refractivity (Wildman–Crippen MR) is 110 cm³/mol. The molecule has 7 heteroatoms. The van der Waals surface area contributed by atoms with Crippen LogP contribution in [0.25, 0.3) is 0 Å².